The molecule has 0 unspecified atom stereocenters. The molecule has 1 N–H and O–H groups in total. The van der Waals surface area contributed by atoms with Crippen molar-refractivity contribution in [3.05, 3.63) is 18.7 Å². The fourth-order valence-corrected chi connectivity index (χ4v) is 1.16. The monoisotopic (exact) mass is 248 g/mol. The van der Waals surface area contributed by atoms with E-state index in [-0.39, 0.29) is 23.6 Å². The first-order valence-electron chi connectivity index (χ1n) is 4.52. The zero-order chi connectivity index (χ0) is 8.81. The first-order chi connectivity index (χ1) is 5.86. The maximum atomic E-state index is 8.67. The maximum absolute atomic E-state index is 8.67. The second-order valence-electron chi connectivity index (χ2n) is 2.97. The van der Waals surface area contributed by atoms with Gasteiger partial charge in [-0.25, -0.2) is 9.13 Å². The quantitative estimate of drug-likeness (QED) is 0.578. The molecule has 0 fully saturated rings. The van der Waals surface area contributed by atoms with Crippen molar-refractivity contribution in [2.45, 2.75) is 32.9 Å². The van der Waals surface area contributed by atoms with Gasteiger partial charge in [-0.3, -0.25) is 0 Å². The Morgan fingerprint density at radius 1 is 1.46 bits per heavy atom. The summed E-state index contributed by atoms with van der Waals surface area (Å²) in [6.07, 6.45) is 8.51. The molecular formula is C9H17BrN2O. The predicted octanol–water partition coefficient (Wildman–Crippen LogP) is -2.43. The number of aryl methyl sites for hydroxylation is 1. The number of halogens is 1. The third-order valence-corrected chi connectivity index (χ3v) is 1.87. The lowest BCUT2D eigenvalue weighted by Crippen LogP contribution is -3.00. The molecule has 0 saturated heterocycles. The van der Waals surface area contributed by atoms with E-state index in [0.717, 1.165) is 6.54 Å². The van der Waals surface area contributed by atoms with Crippen LogP contribution in [0.2, 0.25) is 0 Å². The Morgan fingerprint density at radius 3 is 2.85 bits per heavy atom. The SMILES string of the molecule is CCCC[n+]1ccn(CCO)c1.[Br-]. The lowest BCUT2D eigenvalue weighted by Gasteiger charge is -1.92. The van der Waals surface area contributed by atoms with Gasteiger partial charge in [0.1, 0.15) is 18.9 Å². The molecule has 0 aliphatic rings. The van der Waals surface area contributed by atoms with Gasteiger partial charge in [0, 0.05) is 0 Å². The van der Waals surface area contributed by atoms with Gasteiger partial charge in [0.05, 0.1) is 13.2 Å². The number of aliphatic hydroxyl groups is 1. The third-order valence-electron chi connectivity index (χ3n) is 1.87. The van der Waals surface area contributed by atoms with Crippen molar-refractivity contribution in [3.63, 3.8) is 0 Å². The van der Waals surface area contributed by atoms with Crippen molar-refractivity contribution in [2.24, 2.45) is 0 Å². The normalized spacial score (nSPS) is 9.69. The van der Waals surface area contributed by atoms with Gasteiger partial charge >= 0.3 is 0 Å². The van der Waals surface area contributed by atoms with Crippen molar-refractivity contribution >= 4 is 0 Å². The average molecular weight is 249 g/mol. The van der Waals surface area contributed by atoms with Crippen LogP contribution in [0.15, 0.2) is 18.7 Å². The highest BCUT2D eigenvalue weighted by Crippen LogP contribution is 1.88. The van der Waals surface area contributed by atoms with Crippen LogP contribution < -0.4 is 21.5 Å². The third kappa shape index (κ3) is 4.43. The van der Waals surface area contributed by atoms with Crippen molar-refractivity contribution in [1.29, 1.82) is 0 Å². The predicted molar refractivity (Wildman–Crippen MR) is 46.6 cm³/mol. The van der Waals surface area contributed by atoms with Gasteiger partial charge in [0.15, 0.2) is 0 Å². The van der Waals surface area contributed by atoms with Crippen LogP contribution in [0.1, 0.15) is 19.8 Å². The molecule has 0 saturated carbocycles. The summed E-state index contributed by atoms with van der Waals surface area (Å²) in [5, 5.41) is 8.67. The Balaban J connectivity index is 0.00000144. The molecule has 0 aliphatic carbocycles. The summed E-state index contributed by atoms with van der Waals surface area (Å²) in [6.45, 7) is 4.17. The number of imidazole rings is 1. The van der Waals surface area contributed by atoms with Crippen molar-refractivity contribution in [2.75, 3.05) is 6.61 Å². The van der Waals surface area contributed by atoms with E-state index in [0.29, 0.717) is 6.54 Å². The van der Waals surface area contributed by atoms with E-state index in [2.05, 4.69) is 11.5 Å². The first kappa shape index (κ1) is 12.7. The smallest absolute Gasteiger partial charge is 0.243 e. The van der Waals surface area contributed by atoms with Crippen LogP contribution in [0, 0.1) is 0 Å². The lowest BCUT2D eigenvalue weighted by atomic mass is 10.3. The molecule has 0 spiro atoms. The first-order valence-corrected chi connectivity index (χ1v) is 4.52. The second kappa shape index (κ2) is 7.09. The Labute approximate surface area is 89.8 Å². The highest BCUT2D eigenvalue weighted by molar-refractivity contribution is 4.65. The Bertz CT molecular complexity index is 225. The zero-order valence-corrected chi connectivity index (χ0v) is 9.57. The van der Waals surface area contributed by atoms with E-state index in [1.54, 1.807) is 0 Å². The van der Waals surface area contributed by atoms with Crippen LogP contribution >= 0.6 is 0 Å². The van der Waals surface area contributed by atoms with Crippen molar-refractivity contribution in [3.8, 4) is 0 Å². The summed E-state index contributed by atoms with van der Waals surface area (Å²) >= 11 is 0. The molecule has 1 rings (SSSR count). The molecule has 0 aliphatic heterocycles. The van der Waals surface area contributed by atoms with E-state index in [4.69, 9.17) is 5.11 Å². The van der Waals surface area contributed by atoms with Gasteiger partial charge in [0.25, 0.3) is 0 Å². The van der Waals surface area contributed by atoms with Crippen LogP contribution in [-0.4, -0.2) is 16.3 Å². The second-order valence-corrected chi connectivity index (χ2v) is 2.97. The molecule has 0 bridgehead atoms. The summed E-state index contributed by atoms with van der Waals surface area (Å²) in [7, 11) is 0. The number of aromatic nitrogens is 2. The van der Waals surface area contributed by atoms with Crippen LogP contribution in [0.3, 0.4) is 0 Å². The molecular weight excluding hydrogens is 232 g/mol. The standard InChI is InChI=1S/C9H17N2O.BrH/c1-2-3-4-10-5-6-11(9-10)7-8-12;/h5-6,9,12H,2-4,7-8H2,1H3;1H/q+1;/p-1. The van der Waals surface area contributed by atoms with Gasteiger partial charge in [-0.2, -0.15) is 0 Å². The topological polar surface area (TPSA) is 29.0 Å². The van der Waals surface area contributed by atoms with E-state index >= 15 is 0 Å². The molecule has 13 heavy (non-hydrogen) atoms. The summed E-state index contributed by atoms with van der Waals surface area (Å²) in [6, 6.07) is 0. The van der Waals surface area contributed by atoms with E-state index < -0.39 is 0 Å². The van der Waals surface area contributed by atoms with E-state index in [1.807, 2.05) is 23.3 Å². The largest absolute Gasteiger partial charge is 1.00 e. The summed E-state index contributed by atoms with van der Waals surface area (Å²) in [5.74, 6) is 0. The van der Waals surface area contributed by atoms with Gasteiger partial charge in [-0.1, -0.05) is 13.3 Å². The van der Waals surface area contributed by atoms with Crippen LogP contribution in [0.4, 0.5) is 0 Å². The molecule has 3 nitrogen and oxygen atoms in total. The summed E-state index contributed by atoms with van der Waals surface area (Å²) < 4.78 is 4.15. The number of hydrogen-bond donors (Lipinski definition) is 1. The summed E-state index contributed by atoms with van der Waals surface area (Å²) in [5.41, 5.74) is 0. The fourth-order valence-electron chi connectivity index (χ4n) is 1.16. The lowest BCUT2D eigenvalue weighted by molar-refractivity contribution is -0.696. The molecule has 76 valence electrons. The number of nitrogens with zero attached hydrogens (tertiary/aromatic N) is 2. The van der Waals surface area contributed by atoms with Gasteiger partial charge in [-0.15, -0.1) is 0 Å². The van der Waals surface area contributed by atoms with E-state index in [9.17, 15) is 0 Å². The fraction of sp³-hybridized carbons (Fsp3) is 0.667. The molecule has 0 aromatic carbocycles. The molecule has 1 aromatic rings. The minimum Gasteiger partial charge on any atom is -1.00 e. The van der Waals surface area contributed by atoms with Gasteiger partial charge in [-0.05, 0) is 6.42 Å². The number of aliphatic hydroxyl groups excluding tert-OH is 1. The molecule has 0 amide bonds. The maximum Gasteiger partial charge on any atom is 0.243 e. The Morgan fingerprint density at radius 2 is 2.23 bits per heavy atom. The van der Waals surface area contributed by atoms with Crippen molar-refractivity contribution in [1.82, 2.24) is 4.57 Å². The van der Waals surface area contributed by atoms with Crippen LogP contribution in [-0.2, 0) is 13.1 Å². The molecule has 4 heteroatoms. The van der Waals surface area contributed by atoms with Crippen molar-refractivity contribution < 1.29 is 26.7 Å². The molecule has 1 aromatic heterocycles. The van der Waals surface area contributed by atoms with E-state index in [1.165, 1.54) is 12.8 Å². The minimum absolute atomic E-state index is 0. The van der Waals surface area contributed by atoms with Crippen LogP contribution in [0.5, 0.6) is 0 Å². The Hall–Kier alpha value is -0.350. The minimum atomic E-state index is 0. The highest BCUT2D eigenvalue weighted by atomic mass is 79.9. The number of rotatable bonds is 5. The molecule has 0 atom stereocenters. The molecule has 0 radical (unpaired) electrons. The summed E-state index contributed by atoms with van der Waals surface area (Å²) in [4.78, 5) is 0. The average Bonchev–Trinajstić information content (AvgIpc) is 2.50. The highest BCUT2D eigenvalue weighted by Gasteiger charge is 2.00. The zero-order valence-electron chi connectivity index (χ0n) is 7.99. The van der Waals surface area contributed by atoms with Gasteiger partial charge < -0.3 is 22.1 Å². The number of unbranched alkanes of at least 4 members (excludes halogenated alkanes) is 1. The number of hydrogen-bond acceptors (Lipinski definition) is 1. The van der Waals surface area contributed by atoms with Gasteiger partial charge in [0.2, 0.25) is 6.33 Å². The Kier molecular flexibility index (Phi) is 6.90. The van der Waals surface area contributed by atoms with Crippen LogP contribution in [0.25, 0.3) is 0 Å². The molecule has 1 heterocycles.